The lowest BCUT2D eigenvalue weighted by Crippen LogP contribution is -2.62. The van der Waals surface area contributed by atoms with Gasteiger partial charge in [0.15, 0.2) is 0 Å². The van der Waals surface area contributed by atoms with Crippen LogP contribution in [0.2, 0.25) is 0 Å². The van der Waals surface area contributed by atoms with Crippen molar-refractivity contribution in [3.05, 3.63) is 182 Å². The molecule has 0 N–H and O–H groups in total. The summed E-state index contributed by atoms with van der Waals surface area (Å²) in [4.78, 5) is 10.6. The summed E-state index contributed by atoms with van der Waals surface area (Å²) in [7, 11) is -0.613. The van der Waals surface area contributed by atoms with E-state index < -0.39 is 0 Å². The molecule has 0 radical (unpaired) electrons. The molecular formula is C41H30B4N4OS. The normalized spacial score (nSPS) is 15.0. The van der Waals surface area contributed by atoms with Gasteiger partial charge in [-0.25, -0.2) is 4.98 Å². The molecule has 0 aliphatic carbocycles. The molecule has 2 aliphatic rings. The van der Waals surface area contributed by atoms with Crippen LogP contribution in [-0.2, 0) is 4.57 Å². The molecule has 4 heterocycles. The number of rotatable bonds is 6. The standard InChI is InChI=1S/C41H30B4N4OS/c1-5-14-33(15-6-1)42-47(37-26-23-31(24-27-37)32-25-28-40-39(30-32)38-22-13-29-46-41(38)51-40)43(34-16-7-2-8-17-34)49-45(36-20-11-4-12-21-36)50-44(48(42)49)35-18-9-3-10-19-35/h1-30H. The highest BCUT2D eigenvalue weighted by Gasteiger charge is 2.64. The smallest absolute Gasteiger partial charge is 0.407 e. The summed E-state index contributed by atoms with van der Waals surface area (Å²) in [6, 6.07) is 63.1. The van der Waals surface area contributed by atoms with Crippen molar-refractivity contribution < 1.29 is 4.57 Å². The Labute approximate surface area is 303 Å². The minimum atomic E-state index is -0.307. The predicted octanol–water partition coefficient (Wildman–Crippen LogP) is 6.07. The van der Waals surface area contributed by atoms with E-state index in [-0.39, 0.29) is 28.1 Å². The number of fused-ring (bicyclic) bond motifs is 4. The molecule has 2 fully saturated rings. The van der Waals surface area contributed by atoms with Gasteiger partial charge in [0.1, 0.15) is 4.83 Å². The molecular weight excluding hydrogens is 640 g/mol. The number of thiophene rings is 1. The van der Waals surface area contributed by atoms with Crippen molar-refractivity contribution in [1.29, 1.82) is 0 Å². The van der Waals surface area contributed by atoms with E-state index in [1.807, 2.05) is 12.3 Å². The molecule has 6 aromatic carbocycles. The second-order valence-corrected chi connectivity index (χ2v) is 14.1. The first-order valence-corrected chi connectivity index (χ1v) is 18.2. The van der Waals surface area contributed by atoms with E-state index in [4.69, 9.17) is 4.57 Å². The largest absolute Gasteiger partial charge is 0.464 e. The maximum Gasteiger partial charge on any atom is 0.407 e. The molecule has 10 rings (SSSR count). The number of benzene rings is 6. The van der Waals surface area contributed by atoms with Gasteiger partial charge in [0, 0.05) is 27.4 Å². The average Bonchev–Trinajstić information content (AvgIpc) is 3.89. The van der Waals surface area contributed by atoms with E-state index in [2.05, 4.69) is 189 Å². The minimum Gasteiger partial charge on any atom is -0.464 e. The van der Waals surface area contributed by atoms with Crippen LogP contribution in [0.15, 0.2) is 182 Å². The van der Waals surface area contributed by atoms with Crippen LogP contribution in [-0.4, -0.2) is 42.7 Å². The highest BCUT2D eigenvalue weighted by Crippen LogP contribution is 2.37. The lowest BCUT2D eigenvalue weighted by atomic mass is 9.50. The molecule has 0 atom stereocenters. The van der Waals surface area contributed by atoms with Crippen LogP contribution in [0.4, 0.5) is 5.69 Å². The Balaban J connectivity index is 1.14. The van der Waals surface area contributed by atoms with E-state index in [9.17, 15) is 0 Å². The Bertz CT molecular complexity index is 2360. The molecule has 5 nitrogen and oxygen atoms in total. The molecule has 238 valence electrons. The topological polar surface area (TPSA) is 31.8 Å². The Morgan fingerprint density at radius 1 is 0.471 bits per heavy atom. The van der Waals surface area contributed by atoms with Gasteiger partial charge in [0.2, 0.25) is 0 Å². The van der Waals surface area contributed by atoms with Crippen LogP contribution in [0, 0.1) is 0 Å². The lowest BCUT2D eigenvalue weighted by Gasteiger charge is -2.32. The molecule has 2 aliphatic heterocycles. The van der Waals surface area contributed by atoms with Gasteiger partial charge in [-0.2, -0.15) is 0 Å². The van der Waals surface area contributed by atoms with E-state index >= 15 is 0 Å². The van der Waals surface area contributed by atoms with E-state index in [0.29, 0.717) is 0 Å². The lowest BCUT2D eigenvalue weighted by molar-refractivity contribution is 0.439. The zero-order chi connectivity index (χ0) is 33.7. The van der Waals surface area contributed by atoms with Gasteiger partial charge in [0.05, 0.1) is 0 Å². The van der Waals surface area contributed by atoms with Crippen molar-refractivity contribution in [3.8, 4) is 11.1 Å². The molecule has 2 saturated heterocycles. The van der Waals surface area contributed by atoms with Crippen molar-refractivity contribution in [1.82, 2.24) is 14.6 Å². The fourth-order valence-electron chi connectivity index (χ4n) is 7.86. The van der Waals surface area contributed by atoms with Gasteiger partial charge in [-0.1, -0.05) is 140 Å². The number of hydrogen-bond acceptors (Lipinski definition) is 6. The number of anilines is 1. The SMILES string of the molecule is c1ccc(B2OB(c3ccccc3)N3B(c4ccccc4)N(c4ccc(-c5ccc6sc7ncccc7c6c5)cc4)B(c4ccccc4)N23)cc1. The van der Waals surface area contributed by atoms with Crippen molar-refractivity contribution in [2.45, 2.75) is 0 Å². The maximum absolute atomic E-state index is 7.15. The zero-order valence-corrected chi connectivity index (χ0v) is 28.6. The number of nitrogens with zero attached hydrogens (tertiary/aromatic N) is 4. The van der Waals surface area contributed by atoms with Crippen LogP contribution in [0.3, 0.4) is 0 Å². The van der Waals surface area contributed by atoms with Gasteiger partial charge in [-0.3, -0.25) is 9.66 Å². The van der Waals surface area contributed by atoms with Gasteiger partial charge < -0.3 is 9.29 Å². The third-order valence-electron chi connectivity index (χ3n) is 10.1. The van der Waals surface area contributed by atoms with E-state index in [0.717, 1.165) is 21.4 Å². The Kier molecular flexibility index (Phi) is 7.61. The third-order valence-corrected chi connectivity index (χ3v) is 11.2. The highest BCUT2D eigenvalue weighted by molar-refractivity contribution is 7.25. The van der Waals surface area contributed by atoms with Gasteiger partial charge >= 0.3 is 28.1 Å². The molecule has 0 saturated carbocycles. The van der Waals surface area contributed by atoms with Crippen LogP contribution in [0.1, 0.15) is 0 Å². The summed E-state index contributed by atoms with van der Waals surface area (Å²) >= 11 is 1.75. The van der Waals surface area contributed by atoms with E-state index in [1.165, 1.54) is 37.5 Å². The first kappa shape index (κ1) is 30.5. The molecule has 51 heavy (non-hydrogen) atoms. The van der Waals surface area contributed by atoms with Gasteiger partial charge in [-0.15, -0.1) is 11.3 Å². The summed E-state index contributed by atoms with van der Waals surface area (Å²) in [6.45, 7) is -0.301. The van der Waals surface area contributed by atoms with Crippen molar-refractivity contribution in [3.63, 3.8) is 0 Å². The van der Waals surface area contributed by atoms with Crippen LogP contribution < -0.4 is 26.6 Å². The molecule has 0 bridgehead atoms. The van der Waals surface area contributed by atoms with Crippen molar-refractivity contribution in [2.24, 2.45) is 0 Å². The summed E-state index contributed by atoms with van der Waals surface area (Å²) in [5, 5.41) is 2.46. The summed E-state index contributed by atoms with van der Waals surface area (Å²) < 4.78 is 11.0. The Morgan fingerprint density at radius 3 is 1.53 bits per heavy atom. The van der Waals surface area contributed by atoms with Crippen LogP contribution >= 0.6 is 11.3 Å². The maximum atomic E-state index is 7.15. The Morgan fingerprint density at radius 2 is 0.980 bits per heavy atom. The quantitative estimate of drug-likeness (QED) is 0.201. The second kappa shape index (κ2) is 12.7. The fourth-order valence-corrected chi connectivity index (χ4v) is 8.89. The molecule has 2 aromatic heterocycles. The molecule has 10 heteroatoms. The summed E-state index contributed by atoms with van der Waals surface area (Å²) in [6.07, 6.45) is 1.87. The molecule has 0 spiro atoms. The monoisotopic (exact) mass is 670 g/mol. The zero-order valence-electron chi connectivity index (χ0n) is 27.7. The highest BCUT2D eigenvalue weighted by atomic mass is 32.1. The van der Waals surface area contributed by atoms with E-state index in [1.54, 1.807) is 11.3 Å². The van der Waals surface area contributed by atoms with Gasteiger partial charge in [0.25, 0.3) is 0 Å². The minimum absolute atomic E-state index is 0.151. The number of hydrogen-bond donors (Lipinski definition) is 0. The Hall–Kier alpha value is -5.37. The molecule has 8 aromatic rings. The predicted molar refractivity (Wildman–Crippen MR) is 217 cm³/mol. The third kappa shape index (κ3) is 5.22. The first-order valence-electron chi connectivity index (χ1n) is 17.4. The number of aromatic nitrogens is 1. The second-order valence-electron chi connectivity index (χ2n) is 13.1. The first-order chi connectivity index (χ1) is 25.3. The number of pyridine rings is 1. The van der Waals surface area contributed by atoms with Crippen molar-refractivity contribution in [2.75, 3.05) is 4.72 Å². The molecule has 0 unspecified atom stereocenters. The van der Waals surface area contributed by atoms with Crippen LogP contribution in [0.25, 0.3) is 31.4 Å². The summed E-state index contributed by atoms with van der Waals surface area (Å²) in [5.41, 5.74) is 8.17. The average molecular weight is 670 g/mol. The fraction of sp³-hybridized carbons (Fsp3) is 0. The molecule has 0 amide bonds. The number of hydrazine groups is 1. The summed E-state index contributed by atoms with van der Waals surface area (Å²) in [5.74, 6) is 0. The van der Waals surface area contributed by atoms with Crippen LogP contribution in [0.5, 0.6) is 0 Å². The van der Waals surface area contributed by atoms with Gasteiger partial charge in [-0.05, 0) is 69.4 Å². The van der Waals surface area contributed by atoms with Crippen molar-refractivity contribution >= 4 is 87.2 Å².